The van der Waals surface area contributed by atoms with Crippen LogP contribution < -0.4 is 0 Å². The molecule has 84 valence electrons. The van der Waals surface area contributed by atoms with Crippen LogP contribution in [0.15, 0.2) is 12.2 Å². The van der Waals surface area contributed by atoms with Crippen LogP contribution in [-0.4, -0.2) is 5.78 Å². The van der Waals surface area contributed by atoms with Crippen LogP contribution in [0.3, 0.4) is 0 Å². The molecular weight excluding hydrogens is 172 g/mol. The van der Waals surface area contributed by atoms with Gasteiger partial charge < -0.3 is 4.79 Å². The smallest absolute Gasteiger partial charge is 0.129 e. The molecule has 0 unspecified atom stereocenters. The van der Waals surface area contributed by atoms with Crippen LogP contribution in [0.2, 0.25) is 0 Å². The third-order valence-corrected chi connectivity index (χ3v) is 1.81. The van der Waals surface area contributed by atoms with E-state index in [-0.39, 0.29) is 5.78 Å². The van der Waals surface area contributed by atoms with E-state index in [2.05, 4.69) is 26.0 Å². The number of Topliss-reactive ketones (excluding diaryl/α,β-unsaturated/α-hetero) is 1. The van der Waals surface area contributed by atoms with Crippen molar-refractivity contribution in [1.29, 1.82) is 0 Å². The van der Waals surface area contributed by atoms with Gasteiger partial charge in [-0.1, -0.05) is 38.8 Å². The number of carbonyl (C=O) groups excluding carboxylic acids is 1. The largest absolute Gasteiger partial charge is 0.300 e. The predicted molar refractivity (Wildman–Crippen MR) is 64.5 cm³/mol. The highest BCUT2D eigenvalue weighted by Gasteiger charge is 1.83. The van der Waals surface area contributed by atoms with E-state index < -0.39 is 0 Å². The van der Waals surface area contributed by atoms with Gasteiger partial charge in [-0.15, -0.1) is 0 Å². The first-order valence-corrected chi connectivity index (χ1v) is 5.79. The second-order valence-corrected chi connectivity index (χ2v) is 3.52. The summed E-state index contributed by atoms with van der Waals surface area (Å²) in [4.78, 5) is 10.0. The molecule has 0 aliphatic heterocycles. The minimum atomic E-state index is 0.289. The first kappa shape index (κ1) is 15.9. The molecular formula is C13H26O. The van der Waals surface area contributed by atoms with Crippen LogP contribution in [0, 0.1) is 0 Å². The van der Waals surface area contributed by atoms with Gasteiger partial charge in [0.25, 0.3) is 0 Å². The zero-order chi connectivity index (χ0) is 11.2. The molecule has 0 radical (unpaired) electrons. The molecule has 0 heterocycles. The normalized spacial score (nSPS) is 9.71. The Morgan fingerprint density at radius 1 is 1.14 bits per heavy atom. The lowest BCUT2D eigenvalue weighted by Crippen LogP contribution is -1.84. The zero-order valence-electron chi connectivity index (χ0n) is 10.3. The van der Waals surface area contributed by atoms with E-state index >= 15 is 0 Å². The predicted octanol–water partition coefficient (Wildman–Crippen LogP) is 4.52. The Labute approximate surface area is 89.6 Å². The molecule has 1 nitrogen and oxygen atoms in total. The Bertz CT molecular complexity index is 136. The summed E-state index contributed by atoms with van der Waals surface area (Å²) >= 11 is 0. The van der Waals surface area contributed by atoms with Gasteiger partial charge in [-0.25, -0.2) is 0 Å². The molecule has 0 aliphatic carbocycles. The first-order chi connectivity index (χ1) is 6.68. The van der Waals surface area contributed by atoms with Gasteiger partial charge in [0.1, 0.15) is 5.78 Å². The van der Waals surface area contributed by atoms with Crippen LogP contribution in [0.1, 0.15) is 66.2 Å². The van der Waals surface area contributed by atoms with E-state index in [0.717, 1.165) is 12.8 Å². The summed E-state index contributed by atoms with van der Waals surface area (Å²) in [6, 6.07) is 0. The van der Waals surface area contributed by atoms with Crippen molar-refractivity contribution >= 4 is 5.78 Å². The van der Waals surface area contributed by atoms with Gasteiger partial charge in [0.05, 0.1) is 0 Å². The number of unbranched alkanes of at least 4 members (excludes halogenated alkanes) is 3. The number of ketones is 1. The molecule has 0 aliphatic rings. The highest BCUT2D eigenvalue weighted by atomic mass is 16.1. The standard InChI is InChI=1S/C8H16.C5H10O/c1-3-5-7-8-6-4-2;1-3-4-5(2)6/h3,5H,4,6-8H2,1-2H3;3-4H2,1-2H3. The molecule has 0 aromatic rings. The Morgan fingerprint density at radius 2 is 1.79 bits per heavy atom. The summed E-state index contributed by atoms with van der Waals surface area (Å²) in [5.74, 6) is 0.289. The van der Waals surface area contributed by atoms with Gasteiger partial charge in [-0.05, 0) is 33.1 Å². The van der Waals surface area contributed by atoms with Gasteiger partial charge in [0.2, 0.25) is 0 Å². The second-order valence-electron chi connectivity index (χ2n) is 3.52. The number of hydrogen-bond donors (Lipinski definition) is 0. The lowest BCUT2D eigenvalue weighted by Gasteiger charge is -1.88. The van der Waals surface area contributed by atoms with Crippen LogP contribution in [-0.2, 0) is 4.79 Å². The number of rotatable bonds is 6. The number of carbonyl (C=O) groups is 1. The van der Waals surface area contributed by atoms with E-state index in [0.29, 0.717) is 0 Å². The van der Waals surface area contributed by atoms with Crippen molar-refractivity contribution in [3.63, 3.8) is 0 Å². The van der Waals surface area contributed by atoms with Gasteiger partial charge in [0, 0.05) is 6.42 Å². The van der Waals surface area contributed by atoms with Gasteiger partial charge in [0.15, 0.2) is 0 Å². The molecule has 0 rings (SSSR count). The molecule has 0 spiro atoms. The average molecular weight is 198 g/mol. The number of allylic oxidation sites excluding steroid dienone is 2. The maximum Gasteiger partial charge on any atom is 0.129 e. The molecule has 0 aromatic carbocycles. The van der Waals surface area contributed by atoms with E-state index in [4.69, 9.17) is 0 Å². The maximum atomic E-state index is 10.0. The molecule has 0 fully saturated rings. The summed E-state index contributed by atoms with van der Waals surface area (Å²) in [7, 11) is 0. The van der Waals surface area contributed by atoms with Crippen molar-refractivity contribution in [2.75, 3.05) is 0 Å². The highest BCUT2D eigenvalue weighted by Crippen LogP contribution is 1.98. The number of hydrogen-bond acceptors (Lipinski definition) is 1. The highest BCUT2D eigenvalue weighted by molar-refractivity contribution is 5.75. The van der Waals surface area contributed by atoms with Crippen molar-refractivity contribution in [2.45, 2.75) is 66.2 Å². The third-order valence-electron chi connectivity index (χ3n) is 1.81. The lowest BCUT2D eigenvalue weighted by molar-refractivity contribution is -0.117. The Morgan fingerprint density at radius 3 is 2.07 bits per heavy atom. The molecule has 0 N–H and O–H groups in total. The zero-order valence-corrected chi connectivity index (χ0v) is 10.3. The second kappa shape index (κ2) is 14.9. The fourth-order valence-corrected chi connectivity index (χ4v) is 1.03. The molecule has 0 saturated heterocycles. The summed E-state index contributed by atoms with van der Waals surface area (Å²) in [5.41, 5.74) is 0. The van der Waals surface area contributed by atoms with Crippen molar-refractivity contribution in [2.24, 2.45) is 0 Å². The van der Waals surface area contributed by atoms with E-state index in [1.165, 1.54) is 25.7 Å². The molecule has 0 amide bonds. The van der Waals surface area contributed by atoms with E-state index in [1.54, 1.807) is 6.92 Å². The first-order valence-electron chi connectivity index (χ1n) is 5.79. The monoisotopic (exact) mass is 198 g/mol. The maximum absolute atomic E-state index is 10.0. The van der Waals surface area contributed by atoms with Crippen LogP contribution in [0.4, 0.5) is 0 Å². The third kappa shape index (κ3) is 22.5. The van der Waals surface area contributed by atoms with Crippen LogP contribution in [0.5, 0.6) is 0 Å². The van der Waals surface area contributed by atoms with E-state index in [9.17, 15) is 4.79 Å². The molecule has 0 bridgehead atoms. The fraction of sp³-hybridized carbons (Fsp3) is 0.769. The summed E-state index contributed by atoms with van der Waals surface area (Å²) in [6.07, 6.45) is 11.4. The minimum Gasteiger partial charge on any atom is -0.300 e. The molecule has 0 atom stereocenters. The molecule has 1 heteroatoms. The Hall–Kier alpha value is -0.590. The van der Waals surface area contributed by atoms with E-state index in [1.807, 2.05) is 6.92 Å². The topological polar surface area (TPSA) is 17.1 Å². The Kier molecular flexibility index (Phi) is 16.9. The van der Waals surface area contributed by atoms with Crippen molar-refractivity contribution < 1.29 is 4.79 Å². The molecule has 0 aromatic heterocycles. The molecule has 0 saturated carbocycles. The van der Waals surface area contributed by atoms with Gasteiger partial charge in [-0.3, -0.25) is 0 Å². The Balaban J connectivity index is 0. The quantitative estimate of drug-likeness (QED) is 0.453. The lowest BCUT2D eigenvalue weighted by atomic mass is 10.2. The fourth-order valence-electron chi connectivity index (χ4n) is 1.03. The van der Waals surface area contributed by atoms with Gasteiger partial charge in [-0.2, -0.15) is 0 Å². The summed E-state index contributed by atoms with van der Waals surface area (Å²) in [6.45, 7) is 7.92. The summed E-state index contributed by atoms with van der Waals surface area (Å²) in [5, 5.41) is 0. The van der Waals surface area contributed by atoms with Gasteiger partial charge >= 0.3 is 0 Å². The van der Waals surface area contributed by atoms with Crippen molar-refractivity contribution in [3.05, 3.63) is 12.2 Å². The van der Waals surface area contributed by atoms with Crippen molar-refractivity contribution in [3.8, 4) is 0 Å². The minimum absolute atomic E-state index is 0.289. The molecule has 14 heavy (non-hydrogen) atoms. The summed E-state index contributed by atoms with van der Waals surface area (Å²) < 4.78 is 0. The SMILES string of the molecule is CC=CCCCCC.CCCC(C)=O. The van der Waals surface area contributed by atoms with Crippen molar-refractivity contribution in [1.82, 2.24) is 0 Å². The van der Waals surface area contributed by atoms with Crippen LogP contribution >= 0.6 is 0 Å². The average Bonchev–Trinajstić information content (AvgIpc) is 2.13. The van der Waals surface area contributed by atoms with Crippen LogP contribution in [0.25, 0.3) is 0 Å².